The van der Waals surface area contributed by atoms with E-state index in [0.717, 1.165) is 0 Å². The van der Waals surface area contributed by atoms with Crippen molar-refractivity contribution in [2.24, 2.45) is 0 Å². The van der Waals surface area contributed by atoms with Gasteiger partial charge in [0.2, 0.25) is 0 Å². The van der Waals surface area contributed by atoms with Gasteiger partial charge in [-0.05, 0) is 40.5 Å². The molecule has 0 saturated heterocycles. The molecule has 0 aromatic carbocycles. The molecule has 0 N–H and O–H groups in total. The lowest BCUT2D eigenvalue weighted by Gasteiger charge is -2.29. The summed E-state index contributed by atoms with van der Waals surface area (Å²) in [7, 11) is 0. The molecular weight excluding hydrogens is 204 g/mol. The van der Waals surface area contributed by atoms with E-state index < -0.39 is 0 Å². The number of hydrogen-bond donors (Lipinski definition) is 0. The molecule has 84 valence electrons. The number of aryl methyl sites for hydroxylation is 1. The third-order valence-corrected chi connectivity index (χ3v) is 4.40. The minimum absolute atomic E-state index is 0.592. The second-order valence-corrected chi connectivity index (χ2v) is 5.89. The van der Waals surface area contributed by atoms with Crippen LogP contribution in [0.25, 0.3) is 0 Å². The molecule has 1 aromatic rings. The van der Waals surface area contributed by atoms with Gasteiger partial charge in [0.1, 0.15) is 0 Å². The van der Waals surface area contributed by atoms with Gasteiger partial charge in [-0.3, -0.25) is 0 Å². The monoisotopic (exact) mass is 225 g/mol. The Hall–Kier alpha value is -0.570. The molecule has 2 nitrogen and oxygen atoms in total. The normalized spacial score (nSPS) is 16.3. The summed E-state index contributed by atoms with van der Waals surface area (Å²) >= 11 is 1.92. The van der Waals surface area contributed by atoms with Gasteiger partial charge in [0, 0.05) is 12.6 Å². The number of nitrogens with zero attached hydrogens (tertiary/aromatic N) is 2. The van der Waals surface area contributed by atoms with Crippen molar-refractivity contribution >= 4 is 16.5 Å². The van der Waals surface area contributed by atoms with Gasteiger partial charge in [0.15, 0.2) is 28.8 Å². The topological polar surface area (TPSA) is 7.12 Å². The van der Waals surface area contributed by atoms with E-state index in [2.05, 4.69) is 42.7 Å². The Bertz CT molecular complexity index is 341. The standard InChI is InChI=1S/C12H21N2S/c1-9(2)13-7-5-6-11-8-14(10(3)4)15-12(11)13/h8-10H,5-7H2,1-4H3/q+1. The number of hydrogen-bond acceptors (Lipinski definition) is 2. The molecule has 0 bridgehead atoms. The molecule has 0 unspecified atom stereocenters. The first kappa shape index (κ1) is 10.9. The van der Waals surface area contributed by atoms with Crippen molar-refractivity contribution in [2.45, 2.75) is 52.6 Å². The van der Waals surface area contributed by atoms with Gasteiger partial charge >= 0.3 is 0 Å². The van der Waals surface area contributed by atoms with Crippen LogP contribution in [0.2, 0.25) is 0 Å². The average molecular weight is 225 g/mol. The van der Waals surface area contributed by atoms with Crippen molar-refractivity contribution in [3.63, 3.8) is 0 Å². The van der Waals surface area contributed by atoms with E-state index in [0.29, 0.717) is 12.1 Å². The van der Waals surface area contributed by atoms with Gasteiger partial charge < -0.3 is 4.90 Å². The van der Waals surface area contributed by atoms with Crippen LogP contribution in [0, 0.1) is 0 Å². The molecule has 3 heteroatoms. The van der Waals surface area contributed by atoms with E-state index >= 15 is 0 Å². The molecule has 2 rings (SSSR count). The smallest absolute Gasteiger partial charge is 0.189 e. The number of aromatic nitrogens is 1. The maximum atomic E-state index is 2.54. The fourth-order valence-electron chi connectivity index (χ4n) is 2.09. The predicted octanol–water partition coefficient (Wildman–Crippen LogP) is 2.78. The Kier molecular flexibility index (Phi) is 3.01. The van der Waals surface area contributed by atoms with Crippen molar-refractivity contribution < 1.29 is 3.96 Å². The van der Waals surface area contributed by atoms with Crippen LogP contribution in [0.1, 0.15) is 45.7 Å². The SMILES string of the molecule is CC(C)N1CCCc2c[n+](C(C)C)sc21. The van der Waals surface area contributed by atoms with Crippen LogP contribution in [-0.4, -0.2) is 12.6 Å². The van der Waals surface area contributed by atoms with Gasteiger partial charge in [-0.1, -0.05) is 0 Å². The Morgan fingerprint density at radius 3 is 2.67 bits per heavy atom. The minimum Gasteiger partial charge on any atom is -0.356 e. The van der Waals surface area contributed by atoms with Gasteiger partial charge in [-0.2, -0.15) is 0 Å². The molecule has 0 saturated carbocycles. The van der Waals surface area contributed by atoms with Crippen LogP contribution < -0.4 is 8.86 Å². The summed E-state index contributed by atoms with van der Waals surface area (Å²) in [5, 5.41) is 1.50. The molecule has 0 amide bonds. The molecular formula is C12H21N2S+. The Labute approximate surface area is 96.7 Å². The van der Waals surface area contributed by atoms with Gasteiger partial charge in [-0.15, -0.1) is 3.96 Å². The lowest BCUT2D eigenvalue weighted by molar-refractivity contribution is -0.650. The maximum absolute atomic E-state index is 2.54. The molecule has 1 aliphatic heterocycles. The number of rotatable bonds is 2. The zero-order chi connectivity index (χ0) is 11.0. The lowest BCUT2D eigenvalue weighted by Crippen LogP contribution is -2.34. The van der Waals surface area contributed by atoms with Crippen LogP contribution in [0.3, 0.4) is 0 Å². The zero-order valence-corrected chi connectivity index (χ0v) is 11.0. The van der Waals surface area contributed by atoms with Gasteiger partial charge in [0.05, 0.1) is 5.56 Å². The second-order valence-electron chi connectivity index (χ2n) is 4.90. The van der Waals surface area contributed by atoms with Gasteiger partial charge in [-0.25, -0.2) is 0 Å². The molecule has 2 heterocycles. The van der Waals surface area contributed by atoms with E-state index in [9.17, 15) is 0 Å². The molecule has 0 aliphatic carbocycles. The summed E-state index contributed by atoms with van der Waals surface area (Å²) in [5.41, 5.74) is 1.55. The first-order valence-electron chi connectivity index (χ1n) is 5.90. The zero-order valence-electron chi connectivity index (χ0n) is 10.2. The summed E-state index contributed by atoms with van der Waals surface area (Å²) in [6.45, 7) is 10.3. The van der Waals surface area contributed by atoms with Gasteiger partial charge in [0.25, 0.3) is 0 Å². The van der Waals surface area contributed by atoms with Crippen LogP contribution in [-0.2, 0) is 6.42 Å². The summed E-state index contributed by atoms with van der Waals surface area (Å²) in [6, 6.07) is 1.22. The number of fused-ring (bicyclic) bond motifs is 1. The highest BCUT2D eigenvalue weighted by atomic mass is 32.1. The molecule has 0 atom stereocenters. The Balaban J connectivity index is 2.34. The third-order valence-electron chi connectivity index (χ3n) is 2.99. The molecule has 0 fully saturated rings. The first-order valence-corrected chi connectivity index (χ1v) is 6.68. The second kappa shape index (κ2) is 4.12. The lowest BCUT2D eigenvalue weighted by atomic mass is 10.1. The Morgan fingerprint density at radius 2 is 2.07 bits per heavy atom. The van der Waals surface area contributed by atoms with Crippen LogP contribution in [0.5, 0.6) is 0 Å². The third kappa shape index (κ3) is 2.03. The molecule has 0 spiro atoms. The van der Waals surface area contributed by atoms with Crippen molar-refractivity contribution in [1.82, 2.24) is 0 Å². The highest BCUT2D eigenvalue weighted by Crippen LogP contribution is 2.31. The Morgan fingerprint density at radius 1 is 1.33 bits per heavy atom. The minimum atomic E-state index is 0.592. The number of anilines is 1. The van der Waals surface area contributed by atoms with Crippen molar-refractivity contribution in [3.05, 3.63) is 11.8 Å². The van der Waals surface area contributed by atoms with Crippen molar-refractivity contribution in [2.75, 3.05) is 11.4 Å². The van der Waals surface area contributed by atoms with E-state index in [4.69, 9.17) is 0 Å². The summed E-state index contributed by atoms with van der Waals surface area (Å²) in [6.07, 6.45) is 4.91. The fraction of sp³-hybridized carbons (Fsp3) is 0.750. The van der Waals surface area contributed by atoms with Crippen LogP contribution in [0.15, 0.2) is 6.20 Å². The van der Waals surface area contributed by atoms with E-state index in [1.54, 1.807) is 5.56 Å². The summed E-state index contributed by atoms with van der Waals surface area (Å²) in [5.74, 6) is 0. The van der Waals surface area contributed by atoms with Crippen molar-refractivity contribution in [1.29, 1.82) is 0 Å². The quantitative estimate of drug-likeness (QED) is 0.702. The molecule has 1 aliphatic rings. The van der Waals surface area contributed by atoms with Crippen LogP contribution in [0.4, 0.5) is 5.00 Å². The molecule has 15 heavy (non-hydrogen) atoms. The van der Waals surface area contributed by atoms with Crippen LogP contribution >= 0.6 is 11.5 Å². The summed E-state index contributed by atoms with van der Waals surface area (Å²) < 4.78 is 2.38. The fourth-order valence-corrected chi connectivity index (χ4v) is 3.36. The largest absolute Gasteiger partial charge is 0.356 e. The molecule has 0 radical (unpaired) electrons. The maximum Gasteiger partial charge on any atom is 0.189 e. The van der Waals surface area contributed by atoms with Crippen molar-refractivity contribution in [3.8, 4) is 0 Å². The van der Waals surface area contributed by atoms with E-state index in [1.165, 1.54) is 24.4 Å². The molecule has 1 aromatic heterocycles. The first-order chi connectivity index (χ1) is 7.09. The van der Waals surface area contributed by atoms with E-state index in [-0.39, 0.29) is 0 Å². The highest BCUT2D eigenvalue weighted by Gasteiger charge is 2.27. The predicted molar refractivity (Wildman–Crippen MR) is 65.7 cm³/mol. The average Bonchev–Trinajstić information content (AvgIpc) is 2.60. The highest BCUT2D eigenvalue weighted by molar-refractivity contribution is 7.06. The summed E-state index contributed by atoms with van der Waals surface area (Å²) in [4.78, 5) is 2.54. The van der Waals surface area contributed by atoms with E-state index in [1.807, 2.05) is 11.5 Å².